The first-order chi connectivity index (χ1) is 19.4. The van der Waals surface area contributed by atoms with Gasteiger partial charge in [-0.2, -0.15) is 0 Å². The van der Waals surface area contributed by atoms with E-state index < -0.39 is 10.0 Å². The Morgan fingerprint density at radius 3 is 2.55 bits per heavy atom. The second kappa shape index (κ2) is 11.5. The molecule has 8 nitrogen and oxygen atoms in total. The summed E-state index contributed by atoms with van der Waals surface area (Å²) in [7, 11) is -3.70. The number of amides is 1. The van der Waals surface area contributed by atoms with E-state index in [1.54, 1.807) is 23.5 Å². The summed E-state index contributed by atoms with van der Waals surface area (Å²) in [5.74, 6) is -0.202. The average Bonchev–Trinajstić information content (AvgIpc) is 3.40. The molecule has 0 radical (unpaired) electrons. The maximum absolute atomic E-state index is 13.4. The van der Waals surface area contributed by atoms with E-state index in [9.17, 15) is 13.2 Å². The first-order valence-corrected chi connectivity index (χ1v) is 16.5. The maximum Gasteiger partial charge on any atom is 0.264 e. The summed E-state index contributed by atoms with van der Waals surface area (Å²) < 4.78 is 30.4. The quantitative estimate of drug-likeness (QED) is 0.314. The van der Waals surface area contributed by atoms with Gasteiger partial charge in [0, 0.05) is 55.8 Å². The zero-order valence-corrected chi connectivity index (χ0v) is 25.1. The minimum Gasteiger partial charge on any atom is -0.351 e. The number of para-hydroxylation sites is 1. The van der Waals surface area contributed by atoms with Crippen molar-refractivity contribution in [1.29, 1.82) is 0 Å². The molecule has 40 heavy (non-hydrogen) atoms. The first-order valence-electron chi connectivity index (χ1n) is 13.4. The van der Waals surface area contributed by atoms with Crippen molar-refractivity contribution in [3.05, 3.63) is 82.3 Å². The van der Waals surface area contributed by atoms with E-state index in [2.05, 4.69) is 37.1 Å². The second-order valence-electron chi connectivity index (χ2n) is 10.0. The molecule has 2 aliphatic rings. The molecular weight excluding hydrogens is 610 g/mol. The lowest BCUT2D eigenvalue weighted by atomic mass is 10.0. The van der Waals surface area contributed by atoms with E-state index in [0.29, 0.717) is 18.7 Å². The highest BCUT2D eigenvalue weighted by Gasteiger charge is 2.29. The average molecular weight is 641 g/mol. The summed E-state index contributed by atoms with van der Waals surface area (Å²) in [6.45, 7) is 5.34. The van der Waals surface area contributed by atoms with E-state index in [4.69, 9.17) is 4.98 Å². The number of nitrogens with zero attached hydrogens (tertiary/aromatic N) is 4. The predicted molar refractivity (Wildman–Crippen MR) is 164 cm³/mol. The Balaban J connectivity index is 0.999. The Morgan fingerprint density at radius 1 is 0.975 bits per heavy atom. The number of sulfonamides is 1. The molecule has 0 atom stereocenters. The summed E-state index contributed by atoms with van der Waals surface area (Å²) in [5, 5.41) is 4.03. The van der Waals surface area contributed by atoms with Crippen LogP contribution in [0.5, 0.6) is 0 Å². The number of halogens is 1. The molecule has 4 aromatic rings. The number of piperazine rings is 1. The van der Waals surface area contributed by atoms with Gasteiger partial charge in [-0.15, -0.1) is 0 Å². The highest BCUT2D eigenvalue weighted by molar-refractivity contribution is 9.10. The van der Waals surface area contributed by atoms with Gasteiger partial charge < -0.3 is 10.2 Å². The molecule has 1 N–H and O–H groups in total. The zero-order valence-electron chi connectivity index (χ0n) is 21.9. The number of hydrogen-bond donors (Lipinski definition) is 1. The number of thiazole rings is 1. The van der Waals surface area contributed by atoms with Crippen molar-refractivity contribution in [2.24, 2.45) is 0 Å². The molecule has 0 bridgehead atoms. The monoisotopic (exact) mass is 639 g/mol. The van der Waals surface area contributed by atoms with Crippen LogP contribution >= 0.6 is 27.3 Å². The number of benzene rings is 3. The van der Waals surface area contributed by atoms with Crippen molar-refractivity contribution >= 4 is 64.2 Å². The van der Waals surface area contributed by atoms with Gasteiger partial charge in [0.05, 0.1) is 20.8 Å². The molecule has 0 unspecified atom stereocenters. The van der Waals surface area contributed by atoms with Crippen LogP contribution in [-0.4, -0.2) is 70.0 Å². The molecule has 2 aliphatic heterocycles. The molecule has 11 heteroatoms. The number of aryl methyl sites for hydroxylation is 1. The number of aromatic nitrogens is 1. The van der Waals surface area contributed by atoms with Crippen LogP contribution in [0.3, 0.4) is 0 Å². The van der Waals surface area contributed by atoms with Crippen molar-refractivity contribution < 1.29 is 13.2 Å². The smallest absolute Gasteiger partial charge is 0.264 e. The molecule has 0 saturated carbocycles. The Hall–Kier alpha value is -2.99. The molecular formula is C29H30BrN5O3S2. The van der Waals surface area contributed by atoms with E-state index in [0.717, 1.165) is 71.9 Å². The van der Waals surface area contributed by atoms with Crippen LogP contribution in [0.4, 0.5) is 10.8 Å². The lowest BCUT2D eigenvalue weighted by molar-refractivity contribution is 0.0947. The molecule has 6 rings (SSSR count). The molecule has 1 saturated heterocycles. The molecule has 1 aromatic heterocycles. The molecule has 0 aliphatic carbocycles. The summed E-state index contributed by atoms with van der Waals surface area (Å²) in [6, 6.07) is 20.0. The number of carbonyl (C=O) groups is 1. The van der Waals surface area contributed by atoms with Gasteiger partial charge in [0.2, 0.25) is 0 Å². The van der Waals surface area contributed by atoms with Crippen LogP contribution in [0.25, 0.3) is 10.2 Å². The van der Waals surface area contributed by atoms with E-state index in [1.807, 2.05) is 36.4 Å². The Labute approximate surface area is 246 Å². The Kier molecular flexibility index (Phi) is 7.80. The third-order valence-corrected chi connectivity index (χ3v) is 10.9. The van der Waals surface area contributed by atoms with Crippen LogP contribution in [0.2, 0.25) is 0 Å². The highest BCUT2D eigenvalue weighted by atomic mass is 79.9. The van der Waals surface area contributed by atoms with Crippen molar-refractivity contribution in [2.45, 2.75) is 17.7 Å². The number of rotatable bonds is 7. The molecule has 208 valence electrons. The van der Waals surface area contributed by atoms with E-state index >= 15 is 0 Å². The van der Waals surface area contributed by atoms with Crippen LogP contribution in [-0.2, 0) is 16.4 Å². The standard InChI is InChI=1S/C29H30BrN5O3S2/c30-23-9-12-25-27(20-23)39-29(32-25)34-18-16-33(17-19-34)15-13-31-28(36)22-7-10-24(11-8-22)40(37,38)35-14-3-5-21-4-1-2-6-26(21)35/h1-2,4,6-12,20H,3,5,13-19H2,(H,31,36). The second-order valence-corrected chi connectivity index (χ2v) is 13.8. The topological polar surface area (TPSA) is 85.9 Å². The number of hydrogen-bond acceptors (Lipinski definition) is 7. The van der Waals surface area contributed by atoms with Crippen molar-refractivity contribution in [3.8, 4) is 0 Å². The van der Waals surface area contributed by atoms with Crippen LogP contribution in [0.1, 0.15) is 22.3 Å². The maximum atomic E-state index is 13.4. The van der Waals surface area contributed by atoms with Gasteiger partial charge in [-0.25, -0.2) is 13.4 Å². The minimum atomic E-state index is -3.70. The summed E-state index contributed by atoms with van der Waals surface area (Å²) >= 11 is 5.24. The van der Waals surface area contributed by atoms with Crippen LogP contribution in [0, 0.1) is 0 Å². The van der Waals surface area contributed by atoms with Gasteiger partial charge >= 0.3 is 0 Å². The third kappa shape index (κ3) is 5.60. The minimum absolute atomic E-state index is 0.194. The summed E-state index contributed by atoms with van der Waals surface area (Å²) in [6.07, 6.45) is 1.66. The predicted octanol–water partition coefficient (Wildman–Crippen LogP) is 4.75. The number of nitrogens with one attached hydrogen (secondary N) is 1. The Bertz CT molecular complexity index is 1630. The van der Waals surface area contributed by atoms with Gasteiger partial charge in [-0.3, -0.25) is 14.0 Å². The zero-order chi connectivity index (χ0) is 27.7. The van der Waals surface area contributed by atoms with Gasteiger partial charge in [0.15, 0.2) is 5.13 Å². The van der Waals surface area contributed by atoms with Gasteiger partial charge in [-0.05, 0) is 66.9 Å². The summed E-state index contributed by atoms with van der Waals surface area (Å²) in [4.78, 5) is 22.4. The van der Waals surface area contributed by atoms with Gasteiger partial charge in [0.25, 0.3) is 15.9 Å². The molecule has 1 amide bonds. The largest absolute Gasteiger partial charge is 0.351 e. The first kappa shape index (κ1) is 27.2. The van der Waals surface area contributed by atoms with Crippen molar-refractivity contribution in [1.82, 2.24) is 15.2 Å². The fraction of sp³-hybridized carbons (Fsp3) is 0.310. The van der Waals surface area contributed by atoms with E-state index in [1.165, 1.54) is 21.1 Å². The van der Waals surface area contributed by atoms with Crippen LogP contribution in [0.15, 0.2) is 76.1 Å². The van der Waals surface area contributed by atoms with Gasteiger partial charge in [-0.1, -0.05) is 45.5 Å². The lowest BCUT2D eigenvalue weighted by Crippen LogP contribution is -2.48. The van der Waals surface area contributed by atoms with Gasteiger partial charge in [0.1, 0.15) is 0 Å². The third-order valence-electron chi connectivity index (χ3n) is 7.47. The molecule has 3 heterocycles. The summed E-state index contributed by atoms with van der Waals surface area (Å²) in [5.41, 5.74) is 3.26. The lowest BCUT2D eigenvalue weighted by Gasteiger charge is -2.34. The van der Waals surface area contributed by atoms with Crippen LogP contribution < -0.4 is 14.5 Å². The van der Waals surface area contributed by atoms with Crippen molar-refractivity contribution in [2.75, 3.05) is 55.0 Å². The van der Waals surface area contributed by atoms with Crippen molar-refractivity contribution in [3.63, 3.8) is 0 Å². The number of carbonyl (C=O) groups excluding carboxylic acids is 1. The fourth-order valence-electron chi connectivity index (χ4n) is 5.27. The molecule has 3 aromatic carbocycles. The molecule has 1 fully saturated rings. The van der Waals surface area contributed by atoms with E-state index in [-0.39, 0.29) is 10.8 Å². The number of fused-ring (bicyclic) bond motifs is 2. The number of anilines is 2. The highest BCUT2D eigenvalue weighted by Crippen LogP contribution is 2.32. The normalized spacial score (nSPS) is 16.2. The SMILES string of the molecule is O=C(NCCN1CCN(c2nc3ccc(Br)cc3s2)CC1)c1ccc(S(=O)(=O)N2CCCc3ccccc32)cc1. The Morgan fingerprint density at radius 2 is 1.75 bits per heavy atom. The fourth-order valence-corrected chi connectivity index (χ4v) is 8.38. The molecule has 0 spiro atoms.